The molecule has 0 saturated carbocycles. The molecule has 0 aliphatic carbocycles. The van der Waals surface area contributed by atoms with Crippen LogP contribution >= 0.6 is 28.0 Å². The highest BCUT2D eigenvalue weighted by Gasteiger charge is 2.51. The summed E-state index contributed by atoms with van der Waals surface area (Å²) >= 11 is 8.11. The van der Waals surface area contributed by atoms with Gasteiger partial charge in [-0.05, 0) is 68.0 Å². The van der Waals surface area contributed by atoms with Crippen molar-refractivity contribution in [1.82, 2.24) is 4.48 Å². The van der Waals surface area contributed by atoms with E-state index in [1.807, 2.05) is 64.1 Å². The van der Waals surface area contributed by atoms with E-state index in [0.717, 1.165) is 50.8 Å². The van der Waals surface area contributed by atoms with E-state index in [2.05, 4.69) is 38.1 Å². The highest BCUT2D eigenvalue weighted by atomic mass is 79.9. The monoisotopic (exact) mass is 441 g/mol. The van der Waals surface area contributed by atoms with Gasteiger partial charge >= 0.3 is 5.52 Å². The molecule has 0 saturated heterocycles. The Morgan fingerprint density at radius 2 is 1.85 bits per heavy atom. The Kier molecular flexibility index (Phi) is 4.22. The molecular formula is C20H18BBrFN3S. The van der Waals surface area contributed by atoms with Gasteiger partial charge in [-0.25, -0.2) is 0 Å². The first-order valence-electron chi connectivity index (χ1n) is 8.72. The number of aryl methyl sites for hydroxylation is 2. The third-order valence-electron chi connectivity index (χ3n) is 5.27. The second kappa shape index (κ2) is 6.23. The van der Waals surface area contributed by atoms with E-state index in [-0.39, 0.29) is 0 Å². The number of aromatic nitrogens is 1. The fourth-order valence-corrected chi connectivity index (χ4v) is 5.49. The van der Waals surface area contributed by atoms with Gasteiger partial charge < -0.3 is 13.3 Å². The number of thiocarbonyl (C=S) groups is 1. The van der Waals surface area contributed by atoms with Gasteiger partial charge in [-0.15, -0.1) is 0 Å². The quantitative estimate of drug-likeness (QED) is 0.332. The summed E-state index contributed by atoms with van der Waals surface area (Å²) in [4.78, 5) is 4.03. The molecule has 136 valence electrons. The smallest absolute Gasteiger partial charge is 0.417 e. The number of hydrogen-bond acceptors (Lipinski definition) is 2. The van der Waals surface area contributed by atoms with Gasteiger partial charge in [0.1, 0.15) is 5.71 Å². The van der Waals surface area contributed by atoms with Gasteiger partial charge in [-0.1, -0.05) is 12.1 Å². The number of benzene rings is 1. The molecule has 3 heterocycles. The summed E-state index contributed by atoms with van der Waals surface area (Å²) in [5, 5.41) is 2.39. The van der Waals surface area contributed by atoms with E-state index >= 15 is 4.32 Å². The third kappa shape index (κ3) is 2.57. The minimum absolute atomic E-state index is 0.751. The maximum Gasteiger partial charge on any atom is 0.612 e. The SMILES string of the molecule is CC1=CC(C)=[N+]2C1=C(c1ccc(N=C=S)cc1)c1c(C)cc(C)n1[B-]2(F)Br. The summed E-state index contributed by atoms with van der Waals surface area (Å²) in [6, 6.07) is 9.86. The lowest BCUT2D eigenvalue weighted by Gasteiger charge is -2.36. The molecule has 1 unspecified atom stereocenters. The van der Waals surface area contributed by atoms with Crippen molar-refractivity contribution in [1.29, 1.82) is 0 Å². The van der Waals surface area contributed by atoms with Crippen LogP contribution in [0.3, 0.4) is 0 Å². The molecule has 2 aromatic rings. The lowest BCUT2D eigenvalue weighted by atomic mass is 9.86. The van der Waals surface area contributed by atoms with Gasteiger partial charge in [-0.3, -0.25) is 0 Å². The average Bonchev–Trinajstić information content (AvgIpc) is 3.07. The number of halogens is 2. The van der Waals surface area contributed by atoms with E-state index < -0.39 is 5.52 Å². The Labute approximate surface area is 171 Å². The minimum Gasteiger partial charge on any atom is -0.417 e. The van der Waals surface area contributed by atoms with Crippen molar-refractivity contribution in [3.8, 4) is 0 Å². The number of hydrogen-bond donors (Lipinski definition) is 0. The van der Waals surface area contributed by atoms with Gasteiger partial charge in [0.25, 0.3) is 0 Å². The lowest BCUT2D eigenvalue weighted by molar-refractivity contribution is -0.340. The van der Waals surface area contributed by atoms with Crippen LogP contribution in [-0.2, 0) is 0 Å². The molecule has 2 aliphatic rings. The largest absolute Gasteiger partial charge is 0.612 e. The number of fused-ring (bicyclic) bond motifs is 2. The number of aliphatic imine (C=N–C) groups is 1. The van der Waals surface area contributed by atoms with Crippen LogP contribution in [0.15, 0.2) is 52.7 Å². The second-order valence-corrected chi connectivity index (χ2v) is 8.44. The van der Waals surface area contributed by atoms with Crippen LogP contribution in [0, 0.1) is 13.8 Å². The Hall–Kier alpha value is -2.08. The Balaban J connectivity index is 2.10. The zero-order valence-electron chi connectivity index (χ0n) is 15.5. The van der Waals surface area contributed by atoms with Crippen molar-refractivity contribution in [2.75, 3.05) is 0 Å². The van der Waals surface area contributed by atoms with Crippen molar-refractivity contribution in [2.24, 2.45) is 4.99 Å². The Morgan fingerprint density at radius 3 is 2.48 bits per heavy atom. The maximum absolute atomic E-state index is 16.1. The van der Waals surface area contributed by atoms with Crippen molar-refractivity contribution in [3.05, 3.63) is 70.2 Å². The summed E-state index contributed by atoms with van der Waals surface area (Å²) in [6.45, 7) is 7.95. The van der Waals surface area contributed by atoms with E-state index in [1.165, 1.54) is 0 Å². The lowest BCUT2D eigenvalue weighted by Crippen LogP contribution is -2.50. The van der Waals surface area contributed by atoms with Crippen LogP contribution in [-0.4, -0.2) is 25.4 Å². The number of rotatable bonds is 2. The van der Waals surface area contributed by atoms with Crippen molar-refractivity contribution in [3.63, 3.8) is 0 Å². The van der Waals surface area contributed by atoms with Crippen molar-refractivity contribution in [2.45, 2.75) is 27.7 Å². The first-order chi connectivity index (χ1) is 12.8. The fraction of sp³-hybridized carbons (Fsp3) is 0.200. The molecular weight excluding hydrogens is 424 g/mol. The topological polar surface area (TPSA) is 20.3 Å². The van der Waals surface area contributed by atoms with E-state index in [9.17, 15) is 0 Å². The van der Waals surface area contributed by atoms with Gasteiger partial charge in [0, 0.05) is 24.3 Å². The van der Waals surface area contributed by atoms with Crippen molar-refractivity contribution < 1.29 is 8.80 Å². The van der Waals surface area contributed by atoms with Crippen LogP contribution < -0.4 is 0 Å². The van der Waals surface area contributed by atoms with E-state index in [1.54, 1.807) is 8.96 Å². The molecule has 3 nitrogen and oxygen atoms in total. The molecule has 1 aromatic heterocycles. The van der Waals surface area contributed by atoms with Crippen LogP contribution in [0.1, 0.15) is 36.4 Å². The highest BCUT2D eigenvalue weighted by Crippen LogP contribution is 2.45. The van der Waals surface area contributed by atoms with E-state index in [0.29, 0.717) is 0 Å². The summed E-state index contributed by atoms with van der Waals surface area (Å²) in [5.41, 5.74) is 5.86. The van der Waals surface area contributed by atoms with Gasteiger partial charge in [0.15, 0.2) is 5.70 Å². The zero-order valence-corrected chi connectivity index (χ0v) is 17.9. The molecule has 0 amide bonds. The van der Waals surface area contributed by atoms with Crippen LogP contribution in [0.25, 0.3) is 5.57 Å². The molecule has 0 N–H and O–H groups in total. The summed E-state index contributed by atoms with van der Waals surface area (Å²) in [7, 11) is 0. The predicted molar refractivity (Wildman–Crippen MR) is 117 cm³/mol. The molecule has 7 heteroatoms. The molecule has 0 fully saturated rings. The second-order valence-electron chi connectivity index (χ2n) is 7.09. The Morgan fingerprint density at radius 1 is 1.19 bits per heavy atom. The third-order valence-corrected chi connectivity index (χ3v) is 6.18. The van der Waals surface area contributed by atoms with Crippen LogP contribution in [0.2, 0.25) is 0 Å². The van der Waals surface area contributed by atoms with Gasteiger partial charge in [0.2, 0.25) is 0 Å². The molecule has 4 rings (SSSR count). The number of isothiocyanates is 1. The number of allylic oxidation sites excluding steroid dienone is 2. The van der Waals surface area contributed by atoms with Crippen LogP contribution in [0.5, 0.6) is 0 Å². The number of nitrogens with zero attached hydrogens (tertiary/aromatic N) is 3. The van der Waals surface area contributed by atoms with Gasteiger partial charge in [-0.2, -0.15) is 20.7 Å². The normalized spacial score (nSPS) is 21.0. The molecule has 27 heavy (non-hydrogen) atoms. The van der Waals surface area contributed by atoms with Crippen molar-refractivity contribution >= 4 is 55.6 Å². The molecule has 1 aromatic carbocycles. The first-order valence-corrected chi connectivity index (χ1v) is 10.0. The van der Waals surface area contributed by atoms with Crippen LogP contribution in [0.4, 0.5) is 10.0 Å². The molecule has 1 atom stereocenters. The first kappa shape index (κ1) is 18.3. The zero-order chi connectivity index (χ0) is 19.5. The maximum atomic E-state index is 16.1. The molecule has 0 radical (unpaired) electrons. The minimum atomic E-state index is -2.63. The Bertz CT molecular complexity index is 1130. The average molecular weight is 442 g/mol. The molecule has 0 bridgehead atoms. The van der Waals surface area contributed by atoms with Gasteiger partial charge in [0.05, 0.1) is 16.4 Å². The fourth-order valence-electron chi connectivity index (χ4n) is 4.33. The summed E-state index contributed by atoms with van der Waals surface area (Å²) in [5.74, 6) is 0. The molecule has 2 aliphatic heterocycles. The predicted octanol–water partition coefficient (Wildman–Crippen LogP) is 5.69. The summed E-state index contributed by atoms with van der Waals surface area (Å²) < 4.78 is 19.7. The van der Waals surface area contributed by atoms with E-state index in [4.69, 9.17) is 0 Å². The standard InChI is InChI=1S/C20H18BBrFN3S/c1-12-9-14(3)25-19(12)18(16-5-7-17(8-6-16)24-11-27)20-13(2)10-15(4)26(20)21(25,22)23/h5-10H,1-4H3. The summed E-state index contributed by atoms with van der Waals surface area (Å²) in [6.07, 6.45) is 2.04. The molecule has 0 spiro atoms. The highest BCUT2D eigenvalue weighted by molar-refractivity contribution is 9.25.